The Kier molecular flexibility index (Phi) is 6.05. The van der Waals surface area contributed by atoms with Crippen LogP contribution < -0.4 is 5.32 Å². The molecule has 0 bridgehead atoms. The van der Waals surface area contributed by atoms with E-state index in [2.05, 4.69) is 23.8 Å². The van der Waals surface area contributed by atoms with E-state index in [9.17, 15) is 0 Å². The first kappa shape index (κ1) is 15.5. The van der Waals surface area contributed by atoms with Crippen molar-refractivity contribution in [1.82, 2.24) is 15.1 Å². The van der Waals surface area contributed by atoms with Crippen molar-refractivity contribution in [1.29, 1.82) is 0 Å². The van der Waals surface area contributed by atoms with Crippen molar-refractivity contribution in [3.63, 3.8) is 0 Å². The van der Waals surface area contributed by atoms with Gasteiger partial charge in [0.1, 0.15) is 0 Å². The SMILES string of the molecule is CCc1nn(CCCCOC)c(CC)c1CNC1CC1. The predicted octanol–water partition coefficient (Wildman–Crippen LogP) is 2.69. The molecule has 0 atom stereocenters. The van der Waals surface area contributed by atoms with Gasteiger partial charge in [0.05, 0.1) is 5.69 Å². The van der Waals surface area contributed by atoms with Crippen LogP contribution in [0.3, 0.4) is 0 Å². The van der Waals surface area contributed by atoms with E-state index >= 15 is 0 Å². The van der Waals surface area contributed by atoms with Gasteiger partial charge in [-0.1, -0.05) is 13.8 Å². The van der Waals surface area contributed by atoms with E-state index in [4.69, 9.17) is 9.84 Å². The normalized spacial score (nSPS) is 14.9. The Morgan fingerprint density at radius 1 is 1.25 bits per heavy atom. The molecule has 1 heterocycles. The Morgan fingerprint density at radius 2 is 2.05 bits per heavy atom. The molecule has 114 valence electrons. The first-order valence-corrected chi connectivity index (χ1v) is 8.09. The molecule has 1 saturated carbocycles. The summed E-state index contributed by atoms with van der Waals surface area (Å²) in [5.41, 5.74) is 4.16. The van der Waals surface area contributed by atoms with Crippen molar-refractivity contribution in [3.8, 4) is 0 Å². The molecule has 4 heteroatoms. The van der Waals surface area contributed by atoms with Gasteiger partial charge in [-0.3, -0.25) is 4.68 Å². The average molecular weight is 279 g/mol. The molecule has 20 heavy (non-hydrogen) atoms. The number of methoxy groups -OCH3 is 1. The van der Waals surface area contributed by atoms with Crippen LogP contribution in [0.2, 0.25) is 0 Å². The lowest BCUT2D eigenvalue weighted by molar-refractivity contribution is 0.191. The molecule has 2 rings (SSSR count). The van der Waals surface area contributed by atoms with Gasteiger partial charge < -0.3 is 10.1 Å². The average Bonchev–Trinajstić information content (AvgIpc) is 3.23. The van der Waals surface area contributed by atoms with Gasteiger partial charge in [-0.05, 0) is 38.5 Å². The molecule has 1 aliphatic rings. The molecule has 0 amide bonds. The van der Waals surface area contributed by atoms with E-state index in [0.717, 1.165) is 51.4 Å². The first-order chi connectivity index (χ1) is 9.80. The smallest absolute Gasteiger partial charge is 0.0669 e. The standard InChI is InChI=1S/C16H29N3O/c1-4-15-14(12-17-13-8-9-13)16(5-2)19(18-15)10-6-7-11-20-3/h13,17H,4-12H2,1-3H3. The Hall–Kier alpha value is -0.870. The lowest BCUT2D eigenvalue weighted by Gasteiger charge is -2.08. The van der Waals surface area contributed by atoms with E-state index in [1.165, 1.54) is 29.8 Å². The highest BCUT2D eigenvalue weighted by Crippen LogP contribution is 2.22. The largest absolute Gasteiger partial charge is 0.385 e. The van der Waals surface area contributed by atoms with E-state index < -0.39 is 0 Å². The van der Waals surface area contributed by atoms with Crippen molar-refractivity contribution in [2.75, 3.05) is 13.7 Å². The lowest BCUT2D eigenvalue weighted by atomic mass is 10.1. The van der Waals surface area contributed by atoms with Crippen LogP contribution in [-0.4, -0.2) is 29.5 Å². The maximum Gasteiger partial charge on any atom is 0.0669 e. The maximum absolute atomic E-state index is 5.12. The summed E-state index contributed by atoms with van der Waals surface area (Å²) < 4.78 is 7.35. The molecule has 0 saturated heterocycles. The molecule has 1 aromatic heterocycles. The summed E-state index contributed by atoms with van der Waals surface area (Å²) in [4.78, 5) is 0. The third kappa shape index (κ3) is 4.06. The van der Waals surface area contributed by atoms with Gasteiger partial charge in [-0.15, -0.1) is 0 Å². The summed E-state index contributed by atoms with van der Waals surface area (Å²) in [6, 6.07) is 0.759. The van der Waals surface area contributed by atoms with E-state index in [1.807, 2.05) is 0 Å². The fourth-order valence-corrected chi connectivity index (χ4v) is 2.70. The maximum atomic E-state index is 5.12. The highest BCUT2D eigenvalue weighted by atomic mass is 16.5. The molecule has 1 aliphatic carbocycles. The molecule has 0 spiro atoms. The zero-order chi connectivity index (χ0) is 14.4. The van der Waals surface area contributed by atoms with Crippen LogP contribution in [0.4, 0.5) is 0 Å². The van der Waals surface area contributed by atoms with Gasteiger partial charge in [0.2, 0.25) is 0 Å². The summed E-state index contributed by atoms with van der Waals surface area (Å²) in [7, 11) is 1.77. The monoisotopic (exact) mass is 279 g/mol. The van der Waals surface area contributed by atoms with E-state index in [0.29, 0.717) is 0 Å². The minimum Gasteiger partial charge on any atom is -0.385 e. The Bertz CT molecular complexity index is 410. The first-order valence-electron chi connectivity index (χ1n) is 8.09. The lowest BCUT2D eigenvalue weighted by Crippen LogP contribution is -2.17. The van der Waals surface area contributed by atoms with E-state index in [1.54, 1.807) is 7.11 Å². The van der Waals surface area contributed by atoms with Gasteiger partial charge in [-0.25, -0.2) is 0 Å². The van der Waals surface area contributed by atoms with Crippen LogP contribution in [0.5, 0.6) is 0 Å². The minimum atomic E-state index is 0.759. The van der Waals surface area contributed by atoms with Gasteiger partial charge in [-0.2, -0.15) is 5.10 Å². The van der Waals surface area contributed by atoms with E-state index in [-0.39, 0.29) is 0 Å². The third-order valence-corrected chi connectivity index (χ3v) is 4.03. The molecule has 1 aromatic rings. The molecule has 0 aromatic carbocycles. The van der Waals surface area contributed by atoms with Crippen molar-refractivity contribution in [3.05, 3.63) is 17.0 Å². The zero-order valence-corrected chi connectivity index (χ0v) is 13.2. The summed E-state index contributed by atoms with van der Waals surface area (Å²) in [6.45, 7) is 7.30. The second kappa shape index (κ2) is 7.79. The highest BCUT2D eigenvalue weighted by Gasteiger charge is 2.22. The second-order valence-electron chi connectivity index (χ2n) is 5.66. The van der Waals surface area contributed by atoms with Gasteiger partial charge in [0.15, 0.2) is 0 Å². The summed E-state index contributed by atoms with van der Waals surface area (Å²) >= 11 is 0. The number of hydrogen-bond acceptors (Lipinski definition) is 3. The van der Waals surface area contributed by atoms with Crippen LogP contribution >= 0.6 is 0 Å². The van der Waals surface area contributed by atoms with Crippen molar-refractivity contribution in [2.45, 2.75) is 71.5 Å². The quantitative estimate of drug-likeness (QED) is 0.669. The van der Waals surface area contributed by atoms with Gasteiger partial charge >= 0.3 is 0 Å². The number of aromatic nitrogens is 2. The number of aryl methyl sites for hydroxylation is 2. The van der Waals surface area contributed by atoms with Crippen LogP contribution in [0.25, 0.3) is 0 Å². The Morgan fingerprint density at radius 3 is 2.65 bits per heavy atom. The van der Waals surface area contributed by atoms with Crippen LogP contribution in [0, 0.1) is 0 Å². The molecule has 0 radical (unpaired) electrons. The molecule has 4 nitrogen and oxygen atoms in total. The number of rotatable bonds is 10. The second-order valence-corrected chi connectivity index (χ2v) is 5.66. The Balaban J connectivity index is 2.01. The van der Waals surface area contributed by atoms with Gasteiger partial charge in [0.25, 0.3) is 0 Å². The molecular weight excluding hydrogens is 250 g/mol. The fourth-order valence-electron chi connectivity index (χ4n) is 2.70. The van der Waals surface area contributed by atoms with Crippen molar-refractivity contribution < 1.29 is 4.74 Å². The Labute approximate surface area is 122 Å². The minimum absolute atomic E-state index is 0.759. The number of unbranched alkanes of at least 4 members (excludes halogenated alkanes) is 1. The number of ether oxygens (including phenoxy) is 1. The van der Waals surface area contributed by atoms with Crippen molar-refractivity contribution >= 4 is 0 Å². The predicted molar refractivity (Wildman–Crippen MR) is 82.0 cm³/mol. The molecule has 1 N–H and O–H groups in total. The molecular formula is C16H29N3O. The third-order valence-electron chi connectivity index (χ3n) is 4.03. The highest BCUT2D eigenvalue weighted by molar-refractivity contribution is 5.27. The summed E-state index contributed by atoms with van der Waals surface area (Å²) in [5.74, 6) is 0. The molecule has 1 fully saturated rings. The summed E-state index contributed by atoms with van der Waals surface area (Å²) in [5, 5.41) is 8.47. The molecule has 0 aliphatic heterocycles. The zero-order valence-electron chi connectivity index (χ0n) is 13.2. The van der Waals surface area contributed by atoms with Crippen LogP contribution in [-0.2, 0) is 30.7 Å². The summed E-state index contributed by atoms with van der Waals surface area (Å²) in [6.07, 6.45) is 7.03. The van der Waals surface area contributed by atoms with Crippen LogP contribution in [0.15, 0.2) is 0 Å². The van der Waals surface area contributed by atoms with Crippen LogP contribution in [0.1, 0.15) is 56.5 Å². The van der Waals surface area contributed by atoms with Crippen molar-refractivity contribution in [2.24, 2.45) is 0 Å². The molecule has 0 unspecified atom stereocenters. The topological polar surface area (TPSA) is 39.1 Å². The number of nitrogens with zero attached hydrogens (tertiary/aromatic N) is 2. The number of nitrogens with one attached hydrogen (secondary N) is 1. The fraction of sp³-hybridized carbons (Fsp3) is 0.812. The number of hydrogen-bond donors (Lipinski definition) is 1. The van der Waals surface area contributed by atoms with Gasteiger partial charge in [0, 0.05) is 44.1 Å².